The maximum atomic E-state index is 13.0. The summed E-state index contributed by atoms with van der Waals surface area (Å²) < 4.78 is 38.1. The Morgan fingerprint density at radius 3 is 2.48 bits per heavy atom. The van der Waals surface area contributed by atoms with E-state index >= 15 is 0 Å². The highest BCUT2D eigenvalue weighted by Gasteiger charge is 2.33. The standard InChI is InChI=1S/C19H24ClN3O5S/c1-13-18(14(2)28-21-13)29(25,26)23-10-4-9-22(11-12-23)19(24)15(3)27-17-7-5-16(20)6-8-17/h5-8,15H,4,9-12H2,1-3H3. The lowest BCUT2D eigenvalue weighted by atomic mass is 10.3. The quantitative estimate of drug-likeness (QED) is 0.708. The Hall–Kier alpha value is -2.10. The Balaban J connectivity index is 1.66. The number of ether oxygens (including phenoxy) is 1. The van der Waals surface area contributed by atoms with Gasteiger partial charge < -0.3 is 14.2 Å². The molecule has 29 heavy (non-hydrogen) atoms. The summed E-state index contributed by atoms with van der Waals surface area (Å²) in [5, 5.41) is 4.33. The zero-order valence-electron chi connectivity index (χ0n) is 16.6. The zero-order valence-corrected chi connectivity index (χ0v) is 18.2. The molecule has 1 aromatic carbocycles. The van der Waals surface area contributed by atoms with Gasteiger partial charge in [0.15, 0.2) is 11.9 Å². The van der Waals surface area contributed by atoms with Crippen LogP contribution in [0.3, 0.4) is 0 Å². The van der Waals surface area contributed by atoms with Crippen LogP contribution >= 0.6 is 11.6 Å². The number of rotatable bonds is 5. The van der Waals surface area contributed by atoms with E-state index in [1.165, 1.54) is 4.31 Å². The van der Waals surface area contributed by atoms with Gasteiger partial charge in [-0.1, -0.05) is 16.8 Å². The lowest BCUT2D eigenvalue weighted by molar-refractivity contribution is -0.137. The van der Waals surface area contributed by atoms with Gasteiger partial charge in [0.05, 0.1) is 0 Å². The molecule has 0 aliphatic carbocycles. The highest BCUT2D eigenvalue weighted by molar-refractivity contribution is 7.89. The summed E-state index contributed by atoms with van der Waals surface area (Å²) in [6.45, 7) is 6.13. The van der Waals surface area contributed by atoms with Crippen LogP contribution in [0.4, 0.5) is 0 Å². The number of aryl methyl sites for hydroxylation is 2. The summed E-state index contributed by atoms with van der Waals surface area (Å²) in [5.41, 5.74) is 0.338. The van der Waals surface area contributed by atoms with Gasteiger partial charge in [-0.3, -0.25) is 4.79 Å². The number of halogens is 1. The van der Waals surface area contributed by atoms with E-state index in [2.05, 4.69) is 5.16 Å². The van der Waals surface area contributed by atoms with Crippen LogP contribution in [0.1, 0.15) is 24.8 Å². The summed E-state index contributed by atoms with van der Waals surface area (Å²) in [6, 6.07) is 6.79. The fourth-order valence-electron chi connectivity index (χ4n) is 3.35. The Morgan fingerprint density at radius 2 is 1.86 bits per heavy atom. The van der Waals surface area contributed by atoms with Crippen LogP contribution in [0, 0.1) is 13.8 Å². The third-order valence-electron chi connectivity index (χ3n) is 4.81. The predicted molar refractivity (Wildman–Crippen MR) is 107 cm³/mol. The Bertz CT molecular complexity index is 955. The second-order valence-corrected chi connectivity index (χ2v) is 9.26. The summed E-state index contributed by atoms with van der Waals surface area (Å²) in [5.74, 6) is 0.633. The lowest BCUT2D eigenvalue weighted by Gasteiger charge is -2.25. The molecule has 158 valence electrons. The smallest absolute Gasteiger partial charge is 0.263 e. The highest BCUT2D eigenvalue weighted by Crippen LogP contribution is 2.24. The number of hydrogen-bond acceptors (Lipinski definition) is 6. The zero-order chi connectivity index (χ0) is 21.2. The lowest BCUT2D eigenvalue weighted by Crippen LogP contribution is -2.43. The van der Waals surface area contributed by atoms with Gasteiger partial charge in [0.1, 0.15) is 16.3 Å². The van der Waals surface area contributed by atoms with Crippen molar-refractivity contribution >= 4 is 27.5 Å². The van der Waals surface area contributed by atoms with Gasteiger partial charge in [-0.2, -0.15) is 4.31 Å². The summed E-state index contributed by atoms with van der Waals surface area (Å²) in [4.78, 5) is 14.5. The topological polar surface area (TPSA) is 93.0 Å². The van der Waals surface area contributed by atoms with Crippen molar-refractivity contribution in [2.45, 2.75) is 38.2 Å². The molecule has 1 atom stereocenters. The van der Waals surface area contributed by atoms with E-state index in [4.69, 9.17) is 20.9 Å². The van der Waals surface area contributed by atoms with E-state index in [9.17, 15) is 13.2 Å². The summed E-state index contributed by atoms with van der Waals surface area (Å²) >= 11 is 5.86. The van der Waals surface area contributed by atoms with E-state index in [-0.39, 0.29) is 29.7 Å². The molecule has 0 saturated carbocycles. The van der Waals surface area contributed by atoms with Crippen LogP contribution < -0.4 is 4.74 Å². The number of carbonyl (C=O) groups excluding carboxylic acids is 1. The molecular weight excluding hydrogens is 418 g/mol. The molecule has 3 rings (SSSR count). The van der Waals surface area contributed by atoms with E-state index in [0.29, 0.717) is 36.0 Å². The van der Waals surface area contributed by atoms with Crippen LogP contribution in [-0.2, 0) is 14.8 Å². The minimum absolute atomic E-state index is 0.108. The Labute approximate surface area is 175 Å². The SMILES string of the molecule is Cc1noc(C)c1S(=O)(=O)N1CCCN(C(=O)C(C)Oc2ccc(Cl)cc2)CC1. The molecule has 0 bridgehead atoms. The third-order valence-corrected chi connectivity index (χ3v) is 7.20. The minimum Gasteiger partial charge on any atom is -0.481 e. The Morgan fingerprint density at radius 1 is 1.17 bits per heavy atom. The summed E-state index contributed by atoms with van der Waals surface area (Å²) in [6.07, 6.45) is -0.163. The second kappa shape index (κ2) is 8.73. The highest BCUT2D eigenvalue weighted by atomic mass is 35.5. The normalized spacial score (nSPS) is 17.0. The van der Waals surface area contributed by atoms with Crippen molar-refractivity contribution < 1.29 is 22.5 Å². The van der Waals surface area contributed by atoms with Crippen molar-refractivity contribution in [2.24, 2.45) is 0 Å². The molecule has 1 aliphatic rings. The van der Waals surface area contributed by atoms with Crippen LogP contribution in [0.15, 0.2) is 33.7 Å². The van der Waals surface area contributed by atoms with E-state index < -0.39 is 16.1 Å². The van der Waals surface area contributed by atoms with Gasteiger partial charge in [-0.25, -0.2) is 8.42 Å². The minimum atomic E-state index is -3.73. The first-order chi connectivity index (χ1) is 13.7. The molecule has 0 N–H and O–H groups in total. The molecule has 8 nitrogen and oxygen atoms in total. The molecule has 0 radical (unpaired) electrons. The number of benzene rings is 1. The largest absolute Gasteiger partial charge is 0.481 e. The van der Waals surface area contributed by atoms with Crippen molar-refractivity contribution in [3.63, 3.8) is 0 Å². The van der Waals surface area contributed by atoms with Gasteiger partial charge in [0.25, 0.3) is 5.91 Å². The third kappa shape index (κ3) is 4.73. The fourth-order valence-corrected chi connectivity index (χ4v) is 5.24. The van der Waals surface area contributed by atoms with Crippen LogP contribution in [0.25, 0.3) is 0 Å². The number of amides is 1. The molecule has 1 unspecified atom stereocenters. The first kappa shape index (κ1) is 21.6. The second-order valence-electron chi connectivity index (χ2n) is 6.95. The summed E-state index contributed by atoms with van der Waals surface area (Å²) in [7, 11) is -3.73. The number of nitrogens with zero attached hydrogens (tertiary/aromatic N) is 3. The van der Waals surface area contributed by atoms with E-state index in [1.807, 2.05) is 0 Å². The van der Waals surface area contributed by atoms with E-state index in [0.717, 1.165) is 0 Å². The molecule has 1 fully saturated rings. The van der Waals surface area contributed by atoms with E-state index in [1.54, 1.807) is 49.9 Å². The maximum absolute atomic E-state index is 13.0. The molecule has 1 amide bonds. The molecule has 1 aliphatic heterocycles. The van der Waals surface area contributed by atoms with Crippen LogP contribution in [0.2, 0.25) is 5.02 Å². The van der Waals surface area contributed by atoms with Gasteiger partial charge in [0.2, 0.25) is 10.0 Å². The molecule has 2 heterocycles. The Kier molecular flexibility index (Phi) is 6.50. The number of sulfonamides is 1. The number of hydrogen-bond donors (Lipinski definition) is 0. The molecular formula is C19H24ClN3O5S. The predicted octanol–water partition coefficient (Wildman–Crippen LogP) is 2.64. The van der Waals surface area contributed by atoms with Gasteiger partial charge in [-0.15, -0.1) is 0 Å². The van der Waals surface area contributed by atoms with Crippen molar-refractivity contribution in [3.05, 3.63) is 40.7 Å². The van der Waals surface area contributed by atoms with Crippen molar-refractivity contribution in [2.75, 3.05) is 26.2 Å². The van der Waals surface area contributed by atoms with Gasteiger partial charge >= 0.3 is 0 Å². The van der Waals surface area contributed by atoms with Gasteiger partial charge in [-0.05, 0) is 51.5 Å². The number of carbonyl (C=O) groups is 1. The van der Waals surface area contributed by atoms with Crippen molar-refractivity contribution in [3.8, 4) is 5.75 Å². The number of aromatic nitrogens is 1. The maximum Gasteiger partial charge on any atom is 0.263 e. The average molecular weight is 442 g/mol. The first-order valence-corrected chi connectivity index (χ1v) is 11.2. The molecule has 0 spiro atoms. The first-order valence-electron chi connectivity index (χ1n) is 9.34. The van der Waals surface area contributed by atoms with Crippen LogP contribution in [0.5, 0.6) is 5.75 Å². The van der Waals surface area contributed by atoms with Gasteiger partial charge in [0, 0.05) is 31.2 Å². The molecule has 10 heteroatoms. The van der Waals surface area contributed by atoms with Crippen molar-refractivity contribution in [1.29, 1.82) is 0 Å². The molecule has 2 aromatic rings. The van der Waals surface area contributed by atoms with Crippen molar-refractivity contribution in [1.82, 2.24) is 14.4 Å². The average Bonchev–Trinajstić information content (AvgIpc) is 2.88. The molecule has 1 aromatic heterocycles. The fraction of sp³-hybridized carbons (Fsp3) is 0.474. The monoisotopic (exact) mass is 441 g/mol. The van der Waals surface area contributed by atoms with Crippen LogP contribution in [-0.4, -0.2) is 61.0 Å². The molecule has 1 saturated heterocycles.